The summed E-state index contributed by atoms with van der Waals surface area (Å²) in [5, 5.41) is 0. The van der Waals surface area contributed by atoms with E-state index in [9.17, 15) is 4.39 Å². The van der Waals surface area contributed by atoms with E-state index in [0.29, 0.717) is 18.2 Å². The molecule has 0 bridgehead atoms. The second-order valence-electron chi connectivity index (χ2n) is 5.03. The average molecular weight is 272 g/mol. The number of aryl methyl sites for hydroxylation is 2. The lowest BCUT2D eigenvalue weighted by Gasteiger charge is -2.18. The number of hydrogen-bond acceptors (Lipinski definition) is 3. The summed E-state index contributed by atoms with van der Waals surface area (Å²) in [6, 6.07) is 8.03. The van der Waals surface area contributed by atoms with Gasteiger partial charge in [0.1, 0.15) is 11.6 Å². The van der Waals surface area contributed by atoms with Gasteiger partial charge in [-0.15, -0.1) is 0 Å². The van der Waals surface area contributed by atoms with Crippen molar-refractivity contribution in [2.45, 2.75) is 32.2 Å². The predicted octanol–water partition coefficient (Wildman–Crippen LogP) is 3.35. The quantitative estimate of drug-likeness (QED) is 0.932. The van der Waals surface area contributed by atoms with Crippen molar-refractivity contribution in [2.75, 3.05) is 0 Å². The Kier molecular flexibility index (Phi) is 3.65. The zero-order chi connectivity index (χ0) is 13.9. The number of nitrogens with two attached hydrogens (primary N) is 1. The fourth-order valence-electron chi connectivity index (χ4n) is 2.51. The summed E-state index contributed by atoms with van der Waals surface area (Å²) >= 11 is 0. The van der Waals surface area contributed by atoms with Gasteiger partial charge in [-0.3, -0.25) is 0 Å². The van der Waals surface area contributed by atoms with Gasteiger partial charge in [0.2, 0.25) is 5.88 Å². The van der Waals surface area contributed by atoms with Gasteiger partial charge < -0.3 is 10.5 Å². The second kappa shape index (κ2) is 5.59. The van der Waals surface area contributed by atoms with Crippen LogP contribution in [0.4, 0.5) is 4.39 Å². The van der Waals surface area contributed by atoms with Crippen molar-refractivity contribution in [3.05, 3.63) is 53.0 Å². The molecule has 2 N–H and O–H groups in total. The van der Waals surface area contributed by atoms with Crippen molar-refractivity contribution >= 4 is 0 Å². The normalized spacial score (nSPS) is 13.9. The van der Waals surface area contributed by atoms with E-state index in [-0.39, 0.29) is 5.82 Å². The molecule has 3 nitrogen and oxygen atoms in total. The van der Waals surface area contributed by atoms with Crippen molar-refractivity contribution in [2.24, 2.45) is 5.73 Å². The fourth-order valence-corrected chi connectivity index (χ4v) is 2.51. The Morgan fingerprint density at radius 3 is 2.65 bits per heavy atom. The number of halogens is 1. The Bertz CT molecular complexity index is 611. The molecule has 20 heavy (non-hydrogen) atoms. The van der Waals surface area contributed by atoms with E-state index in [0.717, 1.165) is 30.5 Å². The summed E-state index contributed by atoms with van der Waals surface area (Å²) in [5.74, 6) is 0.832. The van der Waals surface area contributed by atoms with E-state index in [1.165, 1.54) is 24.1 Å². The van der Waals surface area contributed by atoms with Crippen LogP contribution in [0.25, 0.3) is 0 Å². The lowest BCUT2D eigenvalue weighted by Crippen LogP contribution is -2.10. The smallest absolute Gasteiger partial charge is 0.223 e. The maximum absolute atomic E-state index is 12.9. The van der Waals surface area contributed by atoms with Crippen LogP contribution in [-0.2, 0) is 19.4 Å². The van der Waals surface area contributed by atoms with Crippen molar-refractivity contribution in [1.29, 1.82) is 0 Å². The zero-order valence-electron chi connectivity index (χ0n) is 11.2. The molecule has 1 aromatic heterocycles. The fraction of sp³-hybridized carbons (Fsp3) is 0.312. The molecule has 1 aromatic carbocycles. The zero-order valence-corrected chi connectivity index (χ0v) is 11.2. The number of benzene rings is 1. The molecule has 0 unspecified atom stereocenters. The maximum atomic E-state index is 12.9. The van der Waals surface area contributed by atoms with Crippen molar-refractivity contribution in [3.8, 4) is 11.6 Å². The van der Waals surface area contributed by atoms with Crippen LogP contribution >= 0.6 is 0 Å². The molecule has 1 aliphatic rings. The molecule has 0 amide bonds. The Morgan fingerprint density at radius 2 is 1.90 bits per heavy atom. The van der Waals surface area contributed by atoms with Gasteiger partial charge in [-0.05, 0) is 61.6 Å². The van der Waals surface area contributed by atoms with Crippen molar-refractivity contribution in [1.82, 2.24) is 4.98 Å². The monoisotopic (exact) mass is 272 g/mol. The highest BCUT2D eigenvalue weighted by molar-refractivity contribution is 5.38. The van der Waals surface area contributed by atoms with Crippen LogP contribution in [-0.4, -0.2) is 4.98 Å². The van der Waals surface area contributed by atoms with Crippen LogP contribution in [0.15, 0.2) is 30.3 Å². The van der Waals surface area contributed by atoms with Crippen molar-refractivity contribution in [3.63, 3.8) is 0 Å². The first-order valence-electron chi connectivity index (χ1n) is 6.91. The lowest BCUT2D eigenvalue weighted by molar-refractivity contribution is 0.449. The van der Waals surface area contributed by atoms with Gasteiger partial charge in [0.05, 0.1) is 0 Å². The maximum Gasteiger partial charge on any atom is 0.223 e. The number of ether oxygens (including phenoxy) is 1. The number of nitrogens with zero attached hydrogens (tertiary/aromatic N) is 1. The molecule has 0 fully saturated rings. The van der Waals surface area contributed by atoms with Gasteiger partial charge in [-0.25, -0.2) is 9.37 Å². The minimum absolute atomic E-state index is 0.283. The number of rotatable bonds is 3. The SMILES string of the molecule is NCc1cc2c(nc1Oc1ccc(F)cc1)CCCC2. The second-order valence-corrected chi connectivity index (χ2v) is 5.03. The third-order valence-electron chi connectivity index (χ3n) is 3.59. The van der Waals surface area contributed by atoms with E-state index in [4.69, 9.17) is 10.5 Å². The van der Waals surface area contributed by atoms with Crippen LogP contribution < -0.4 is 10.5 Å². The summed E-state index contributed by atoms with van der Waals surface area (Å²) < 4.78 is 18.7. The number of fused-ring (bicyclic) bond motifs is 1. The minimum atomic E-state index is -0.283. The molecule has 0 atom stereocenters. The molecule has 4 heteroatoms. The highest BCUT2D eigenvalue weighted by atomic mass is 19.1. The van der Waals surface area contributed by atoms with Crippen LogP contribution in [0.1, 0.15) is 29.7 Å². The third kappa shape index (κ3) is 2.65. The molecule has 1 aliphatic carbocycles. The molecule has 0 saturated heterocycles. The Balaban J connectivity index is 1.93. The third-order valence-corrected chi connectivity index (χ3v) is 3.59. The first kappa shape index (κ1) is 13.1. The van der Waals surface area contributed by atoms with E-state index >= 15 is 0 Å². The summed E-state index contributed by atoms with van der Waals surface area (Å²) in [7, 11) is 0. The summed E-state index contributed by atoms with van der Waals surface area (Å²) in [4.78, 5) is 4.61. The molecule has 1 heterocycles. The molecule has 0 spiro atoms. The van der Waals surface area contributed by atoms with Gasteiger partial charge in [0, 0.05) is 17.8 Å². The van der Waals surface area contributed by atoms with Gasteiger partial charge in [-0.2, -0.15) is 0 Å². The molecular weight excluding hydrogens is 255 g/mol. The first-order valence-corrected chi connectivity index (χ1v) is 6.91. The average Bonchev–Trinajstić information content (AvgIpc) is 2.49. The topological polar surface area (TPSA) is 48.1 Å². The van der Waals surface area contributed by atoms with E-state index in [1.54, 1.807) is 12.1 Å². The van der Waals surface area contributed by atoms with Gasteiger partial charge in [0.15, 0.2) is 0 Å². The Hall–Kier alpha value is -1.94. The lowest BCUT2D eigenvalue weighted by atomic mass is 9.95. The van der Waals surface area contributed by atoms with Gasteiger partial charge in [0.25, 0.3) is 0 Å². The van der Waals surface area contributed by atoms with Crippen molar-refractivity contribution < 1.29 is 9.13 Å². The van der Waals surface area contributed by atoms with E-state index in [1.807, 2.05) is 0 Å². The molecule has 3 rings (SSSR count). The van der Waals surface area contributed by atoms with Crippen LogP contribution in [0, 0.1) is 5.82 Å². The first-order chi connectivity index (χ1) is 9.76. The Labute approximate surface area is 117 Å². The summed E-state index contributed by atoms with van der Waals surface area (Å²) in [6.45, 7) is 0.386. The molecular formula is C16H17FN2O. The van der Waals surface area contributed by atoms with Gasteiger partial charge in [-0.1, -0.05) is 0 Å². The molecule has 0 radical (unpaired) electrons. The van der Waals surface area contributed by atoms with Crippen LogP contribution in [0.3, 0.4) is 0 Å². The van der Waals surface area contributed by atoms with E-state index < -0.39 is 0 Å². The largest absolute Gasteiger partial charge is 0.439 e. The number of aromatic nitrogens is 1. The summed E-state index contributed by atoms with van der Waals surface area (Å²) in [6.07, 6.45) is 4.42. The standard InChI is InChI=1S/C16H17FN2O/c17-13-5-7-14(8-6-13)20-16-12(10-18)9-11-3-1-2-4-15(11)19-16/h5-9H,1-4,10,18H2. The predicted molar refractivity (Wildman–Crippen MR) is 75.2 cm³/mol. The van der Waals surface area contributed by atoms with Crippen LogP contribution in [0.2, 0.25) is 0 Å². The molecule has 2 aromatic rings. The highest BCUT2D eigenvalue weighted by Crippen LogP contribution is 2.29. The number of hydrogen-bond donors (Lipinski definition) is 1. The highest BCUT2D eigenvalue weighted by Gasteiger charge is 2.15. The molecule has 104 valence electrons. The molecule has 0 saturated carbocycles. The number of pyridine rings is 1. The van der Waals surface area contributed by atoms with Crippen LogP contribution in [0.5, 0.6) is 11.6 Å². The minimum Gasteiger partial charge on any atom is -0.439 e. The van der Waals surface area contributed by atoms with E-state index in [2.05, 4.69) is 11.1 Å². The summed E-state index contributed by atoms with van der Waals surface area (Å²) in [5.41, 5.74) is 9.06. The Morgan fingerprint density at radius 1 is 1.15 bits per heavy atom. The molecule has 0 aliphatic heterocycles. The van der Waals surface area contributed by atoms with Gasteiger partial charge >= 0.3 is 0 Å².